The molecule has 2 aromatic carbocycles. The smallest absolute Gasteiger partial charge is 0.274 e. The summed E-state index contributed by atoms with van der Waals surface area (Å²) in [6.45, 7) is 0.987. The van der Waals surface area contributed by atoms with Crippen molar-refractivity contribution in [2.24, 2.45) is 5.73 Å². The molecule has 0 aliphatic carbocycles. The number of amides is 1. The number of rotatable bonds is 4. The van der Waals surface area contributed by atoms with Gasteiger partial charge in [-0.15, -0.1) is 0 Å². The molecule has 1 amide bonds. The molecule has 1 aliphatic rings. The van der Waals surface area contributed by atoms with Crippen LogP contribution in [0.5, 0.6) is 5.75 Å². The van der Waals surface area contributed by atoms with Gasteiger partial charge in [-0.05, 0) is 43.2 Å². The molecular weight excluding hydrogens is 416 g/mol. The van der Waals surface area contributed by atoms with Crippen molar-refractivity contribution in [1.82, 2.24) is 14.5 Å². The van der Waals surface area contributed by atoms with E-state index in [4.69, 9.17) is 15.7 Å². The highest BCUT2D eigenvalue weighted by molar-refractivity contribution is 5.93. The van der Waals surface area contributed by atoms with E-state index in [2.05, 4.69) is 4.98 Å². The van der Waals surface area contributed by atoms with Crippen LogP contribution in [0, 0.1) is 23.0 Å². The van der Waals surface area contributed by atoms with Gasteiger partial charge in [0.2, 0.25) is 0 Å². The first-order valence-corrected chi connectivity index (χ1v) is 10.1. The predicted molar refractivity (Wildman–Crippen MR) is 113 cm³/mol. The zero-order valence-electron chi connectivity index (χ0n) is 17.4. The Balaban J connectivity index is 1.82. The lowest BCUT2D eigenvalue weighted by Gasteiger charge is -2.30. The summed E-state index contributed by atoms with van der Waals surface area (Å²) >= 11 is 0. The van der Waals surface area contributed by atoms with E-state index in [0.717, 1.165) is 12.8 Å². The third kappa shape index (κ3) is 4.05. The number of nitriles is 1. The molecule has 2 heterocycles. The van der Waals surface area contributed by atoms with Crippen LogP contribution in [0.4, 0.5) is 8.78 Å². The Kier molecular flexibility index (Phi) is 5.88. The molecule has 1 atom stereocenters. The summed E-state index contributed by atoms with van der Waals surface area (Å²) in [4.78, 5) is 19.2. The molecule has 0 saturated carbocycles. The number of carbonyl (C=O) groups excluding carboxylic acids is 1. The Hall–Kier alpha value is -3.77. The van der Waals surface area contributed by atoms with Gasteiger partial charge in [0.25, 0.3) is 5.91 Å². The van der Waals surface area contributed by atoms with E-state index in [1.807, 2.05) is 0 Å². The molecule has 32 heavy (non-hydrogen) atoms. The van der Waals surface area contributed by atoms with Crippen LogP contribution < -0.4 is 10.5 Å². The summed E-state index contributed by atoms with van der Waals surface area (Å²) in [6, 6.07) is 10.0. The SMILES string of the molecule is COc1ccc(-n2cc(C(=O)N3CCC[C@@H](N)C3)nc2-c2ccc(C#N)c(F)c2)cc1F. The van der Waals surface area contributed by atoms with Crippen molar-refractivity contribution in [3.63, 3.8) is 0 Å². The number of halogens is 2. The monoisotopic (exact) mass is 437 g/mol. The number of hydrogen-bond donors (Lipinski definition) is 1. The molecule has 7 nitrogen and oxygen atoms in total. The normalized spacial score (nSPS) is 16.0. The van der Waals surface area contributed by atoms with Crippen LogP contribution >= 0.6 is 0 Å². The highest BCUT2D eigenvalue weighted by Gasteiger charge is 2.26. The average molecular weight is 437 g/mol. The number of ether oxygens (including phenoxy) is 1. The van der Waals surface area contributed by atoms with Gasteiger partial charge in [0, 0.05) is 37.0 Å². The number of carbonyl (C=O) groups is 1. The topological polar surface area (TPSA) is 97.2 Å². The summed E-state index contributed by atoms with van der Waals surface area (Å²) in [5.74, 6) is -1.30. The molecule has 0 spiro atoms. The highest BCUT2D eigenvalue weighted by Crippen LogP contribution is 2.28. The van der Waals surface area contributed by atoms with E-state index < -0.39 is 11.6 Å². The molecule has 164 valence electrons. The number of nitrogens with zero attached hydrogens (tertiary/aromatic N) is 4. The van der Waals surface area contributed by atoms with Gasteiger partial charge < -0.3 is 15.4 Å². The van der Waals surface area contributed by atoms with Crippen molar-refractivity contribution in [3.05, 3.63) is 65.5 Å². The molecule has 0 unspecified atom stereocenters. The van der Waals surface area contributed by atoms with Crippen molar-refractivity contribution in [1.29, 1.82) is 5.26 Å². The standard InChI is InChI=1S/C23H21F2N5O2/c1-32-21-7-6-17(10-19(21)25)30-13-20(23(31)29-8-2-3-16(27)12-29)28-22(30)14-4-5-15(11-26)18(24)9-14/h4-7,9-10,13,16H,2-3,8,12,27H2,1H3/t16-/m1/s1. The van der Waals surface area contributed by atoms with E-state index in [9.17, 15) is 13.6 Å². The van der Waals surface area contributed by atoms with Crippen LogP contribution in [0.1, 0.15) is 28.9 Å². The Labute approximate surface area is 183 Å². The number of imidazole rings is 1. The van der Waals surface area contributed by atoms with Gasteiger partial charge in [-0.25, -0.2) is 13.8 Å². The fraction of sp³-hybridized carbons (Fsp3) is 0.261. The van der Waals surface area contributed by atoms with Gasteiger partial charge in [-0.3, -0.25) is 9.36 Å². The Morgan fingerprint density at radius 3 is 2.72 bits per heavy atom. The Morgan fingerprint density at radius 2 is 2.06 bits per heavy atom. The van der Waals surface area contributed by atoms with Crippen molar-refractivity contribution < 1.29 is 18.3 Å². The van der Waals surface area contributed by atoms with Crippen molar-refractivity contribution in [2.75, 3.05) is 20.2 Å². The summed E-state index contributed by atoms with van der Waals surface area (Å²) < 4.78 is 35.2. The third-order valence-corrected chi connectivity index (χ3v) is 5.43. The second-order valence-corrected chi connectivity index (χ2v) is 7.60. The number of benzene rings is 2. The lowest BCUT2D eigenvalue weighted by Crippen LogP contribution is -2.45. The molecule has 9 heteroatoms. The molecule has 0 bridgehead atoms. The Morgan fingerprint density at radius 1 is 1.25 bits per heavy atom. The minimum absolute atomic E-state index is 0.0680. The minimum atomic E-state index is -0.713. The van der Waals surface area contributed by atoms with Crippen LogP contribution in [0.2, 0.25) is 0 Å². The van der Waals surface area contributed by atoms with Crippen molar-refractivity contribution >= 4 is 5.91 Å². The summed E-state index contributed by atoms with van der Waals surface area (Å²) in [6.07, 6.45) is 3.14. The number of aromatic nitrogens is 2. The fourth-order valence-corrected chi connectivity index (χ4v) is 3.79. The van der Waals surface area contributed by atoms with Crippen LogP contribution in [0.25, 0.3) is 17.1 Å². The first kappa shape index (κ1) is 21.5. The molecule has 1 fully saturated rings. The fourth-order valence-electron chi connectivity index (χ4n) is 3.79. The summed E-state index contributed by atoms with van der Waals surface area (Å²) in [7, 11) is 1.36. The zero-order valence-corrected chi connectivity index (χ0v) is 17.4. The van der Waals surface area contributed by atoms with Crippen LogP contribution in [0.15, 0.2) is 42.6 Å². The first-order chi connectivity index (χ1) is 15.4. The quantitative estimate of drug-likeness (QED) is 0.676. The maximum absolute atomic E-state index is 14.4. The van der Waals surface area contributed by atoms with Gasteiger partial charge in [0.05, 0.1) is 18.4 Å². The van der Waals surface area contributed by atoms with E-state index in [0.29, 0.717) is 24.3 Å². The van der Waals surface area contributed by atoms with Gasteiger partial charge in [-0.2, -0.15) is 5.26 Å². The molecule has 1 aromatic heterocycles. The van der Waals surface area contributed by atoms with Gasteiger partial charge in [0.1, 0.15) is 23.4 Å². The maximum atomic E-state index is 14.4. The average Bonchev–Trinajstić information content (AvgIpc) is 3.24. The number of methoxy groups -OCH3 is 1. The second-order valence-electron chi connectivity index (χ2n) is 7.60. The molecular formula is C23H21F2N5O2. The predicted octanol–water partition coefficient (Wildman–Crippen LogP) is 3.26. The summed E-state index contributed by atoms with van der Waals surface area (Å²) in [5.41, 5.74) is 6.75. The van der Waals surface area contributed by atoms with Crippen LogP contribution in [-0.4, -0.2) is 46.6 Å². The van der Waals surface area contributed by atoms with Crippen molar-refractivity contribution in [2.45, 2.75) is 18.9 Å². The molecule has 3 aromatic rings. The lowest BCUT2D eigenvalue weighted by molar-refractivity contribution is 0.0703. The lowest BCUT2D eigenvalue weighted by atomic mass is 10.1. The number of hydrogen-bond acceptors (Lipinski definition) is 5. The third-order valence-electron chi connectivity index (χ3n) is 5.43. The molecule has 4 rings (SSSR count). The molecule has 1 aliphatic heterocycles. The van der Waals surface area contributed by atoms with E-state index in [-0.39, 0.29) is 34.8 Å². The van der Waals surface area contributed by atoms with Gasteiger partial charge >= 0.3 is 0 Å². The van der Waals surface area contributed by atoms with Crippen LogP contribution in [-0.2, 0) is 0 Å². The highest BCUT2D eigenvalue weighted by atomic mass is 19.1. The number of nitrogens with two attached hydrogens (primary N) is 1. The zero-order chi connectivity index (χ0) is 22.8. The van der Waals surface area contributed by atoms with Gasteiger partial charge in [0.15, 0.2) is 11.6 Å². The van der Waals surface area contributed by atoms with Crippen molar-refractivity contribution in [3.8, 4) is 28.9 Å². The minimum Gasteiger partial charge on any atom is -0.494 e. The largest absolute Gasteiger partial charge is 0.494 e. The molecule has 1 saturated heterocycles. The van der Waals surface area contributed by atoms with Gasteiger partial charge in [-0.1, -0.05) is 0 Å². The van der Waals surface area contributed by atoms with Crippen LogP contribution in [0.3, 0.4) is 0 Å². The van der Waals surface area contributed by atoms with E-state index in [1.54, 1.807) is 17.0 Å². The number of likely N-dealkylation sites (tertiary alicyclic amines) is 1. The summed E-state index contributed by atoms with van der Waals surface area (Å²) in [5, 5.41) is 9.01. The Bertz CT molecular complexity index is 1220. The van der Waals surface area contributed by atoms with E-state index in [1.165, 1.54) is 48.2 Å². The maximum Gasteiger partial charge on any atom is 0.274 e. The first-order valence-electron chi connectivity index (χ1n) is 10.1. The second kappa shape index (κ2) is 8.77. The number of piperidine rings is 1. The molecule has 2 N–H and O–H groups in total. The molecule has 0 radical (unpaired) electrons. The van der Waals surface area contributed by atoms with E-state index >= 15 is 0 Å².